The normalized spacial score (nSPS) is 10.7. The SMILES string of the molecule is CN(C)c1c(Cl)c(O)c2ccccc2c1O. The molecule has 0 aromatic heterocycles. The van der Waals surface area contributed by atoms with Gasteiger partial charge in [0.05, 0.1) is 0 Å². The van der Waals surface area contributed by atoms with Crippen molar-refractivity contribution in [1.82, 2.24) is 0 Å². The third-order valence-electron chi connectivity index (χ3n) is 2.52. The van der Waals surface area contributed by atoms with Crippen molar-refractivity contribution in [2.45, 2.75) is 0 Å². The van der Waals surface area contributed by atoms with Gasteiger partial charge in [-0.3, -0.25) is 0 Å². The van der Waals surface area contributed by atoms with Gasteiger partial charge in [0.1, 0.15) is 22.2 Å². The molecule has 0 aliphatic heterocycles. The fourth-order valence-corrected chi connectivity index (χ4v) is 2.13. The number of benzene rings is 2. The molecule has 0 saturated heterocycles. The van der Waals surface area contributed by atoms with Crippen LogP contribution < -0.4 is 4.90 Å². The number of aromatic hydroxyl groups is 2. The Hall–Kier alpha value is -1.61. The fraction of sp³-hybridized carbons (Fsp3) is 0.167. The third kappa shape index (κ3) is 1.44. The van der Waals surface area contributed by atoms with Crippen LogP contribution in [0.5, 0.6) is 11.5 Å². The van der Waals surface area contributed by atoms with Crippen molar-refractivity contribution in [2.75, 3.05) is 19.0 Å². The molecule has 0 radical (unpaired) electrons. The summed E-state index contributed by atoms with van der Waals surface area (Å²) >= 11 is 6.02. The summed E-state index contributed by atoms with van der Waals surface area (Å²) < 4.78 is 0. The van der Waals surface area contributed by atoms with E-state index < -0.39 is 0 Å². The van der Waals surface area contributed by atoms with E-state index in [1.54, 1.807) is 43.3 Å². The highest BCUT2D eigenvalue weighted by Crippen LogP contribution is 2.46. The lowest BCUT2D eigenvalue weighted by Crippen LogP contribution is -2.09. The molecule has 0 fully saturated rings. The summed E-state index contributed by atoms with van der Waals surface area (Å²) in [7, 11) is 3.52. The maximum Gasteiger partial charge on any atom is 0.148 e. The van der Waals surface area contributed by atoms with Crippen LogP contribution >= 0.6 is 11.6 Å². The Morgan fingerprint density at radius 2 is 1.50 bits per heavy atom. The largest absolute Gasteiger partial charge is 0.506 e. The van der Waals surface area contributed by atoms with Crippen LogP contribution in [0.2, 0.25) is 5.02 Å². The molecule has 2 aromatic carbocycles. The molecular weight excluding hydrogens is 226 g/mol. The number of hydrogen-bond acceptors (Lipinski definition) is 3. The predicted molar refractivity (Wildman–Crippen MR) is 66.6 cm³/mol. The minimum absolute atomic E-state index is 0.00114. The Kier molecular flexibility index (Phi) is 2.56. The first kappa shape index (κ1) is 10.9. The zero-order chi connectivity index (χ0) is 11.9. The predicted octanol–water partition coefficient (Wildman–Crippen LogP) is 2.97. The van der Waals surface area contributed by atoms with E-state index in [0.717, 1.165) is 0 Å². The molecule has 0 amide bonds. The lowest BCUT2D eigenvalue weighted by Gasteiger charge is -2.18. The molecule has 0 aliphatic carbocycles. The molecule has 0 bridgehead atoms. The van der Waals surface area contributed by atoms with Crippen molar-refractivity contribution in [3.63, 3.8) is 0 Å². The standard InChI is InChI=1S/C12H12ClNO2/c1-14(2)10-9(13)11(15)7-5-3-4-6-8(7)12(10)16/h3-6,15-16H,1-2H3. The van der Waals surface area contributed by atoms with Crippen molar-refractivity contribution in [3.8, 4) is 11.5 Å². The van der Waals surface area contributed by atoms with Gasteiger partial charge in [-0.2, -0.15) is 0 Å². The van der Waals surface area contributed by atoms with Gasteiger partial charge >= 0.3 is 0 Å². The molecule has 0 aliphatic rings. The van der Waals surface area contributed by atoms with E-state index in [0.29, 0.717) is 16.5 Å². The third-order valence-corrected chi connectivity index (χ3v) is 2.88. The number of nitrogens with zero attached hydrogens (tertiary/aromatic N) is 1. The highest BCUT2D eigenvalue weighted by Gasteiger charge is 2.18. The van der Waals surface area contributed by atoms with Crippen molar-refractivity contribution >= 4 is 28.1 Å². The van der Waals surface area contributed by atoms with E-state index in [-0.39, 0.29) is 16.5 Å². The molecular formula is C12H12ClNO2. The molecule has 3 nitrogen and oxygen atoms in total. The summed E-state index contributed by atoms with van der Waals surface area (Å²) in [4.78, 5) is 1.67. The first-order chi connectivity index (χ1) is 7.54. The van der Waals surface area contributed by atoms with Crippen LogP contribution in [0.25, 0.3) is 10.8 Å². The summed E-state index contributed by atoms with van der Waals surface area (Å²) in [5.41, 5.74) is 0.429. The highest BCUT2D eigenvalue weighted by molar-refractivity contribution is 6.36. The molecule has 0 atom stereocenters. The average molecular weight is 238 g/mol. The van der Waals surface area contributed by atoms with Crippen molar-refractivity contribution in [2.24, 2.45) is 0 Å². The van der Waals surface area contributed by atoms with Gasteiger partial charge < -0.3 is 15.1 Å². The highest BCUT2D eigenvalue weighted by atomic mass is 35.5. The first-order valence-corrected chi connectivity index (χ1v) is 5.21. The summed E-state index contributed by atoms with van der Waals surface area (Å²) in [6, 6.07) is 7.05. The van der Waals surface area contributed by atoms with Gasteiger partial charge in [0.2, 0.25) is 0 Å². The smallest absolute Gasteiger partial charge is 0.148 e. The van der Waals surface area contributed by atoms with Gasteiger partial charge in [0.25, 0.3) is 0 Å². The molecule has 16 heavy (non-hydrogen) atoms. The average Bonchev–Trinajstić information content (AvgIpc) is 2.26. The van der Waals surface area contributed by atoms with E-state index in [1.165, 1.54) is 0 Å². The topological polar surface area (TPSA) is 43.7 Å². The minimum atomic E-state index is -0.00114. The lowest BCUT2D eigenvalue weighted by atomic mass is 10.1. The maximum atomic E-state index is 10.1. The van der Waals surface area contributed by atoms with Gasteiger partial charge in [0.15, 0.2) is 0 Å². The monoisotopic (exact) mass is 237 g/mol. The van der Waals surface area contributed by atoms with Gasteiger partial charge in [0, 0.05) is 24.9 Å². The second-order valence-electron chi connectivity index (χ2n) is 3.80. The van der Waals surface area contributed by atoms with Crippen LogP contribution in [-0.4, -0.2) is 24.3 Å². The second kappa shape index (κ2) is 3.76. The van der Waals surface area contributed by atoms with E-state index in [9.17, 15) is 10.2 Å². The molecule has 84 valence electrons. The minimum Gasteiger partial charge on any atom is -0.506 e. The quantitative estimate of drug-likeness (QED) is 0.750. The van der Waals surface area contributed by atoms with E-state index >= 15 is 0 Å². The zero-order valence-corrected chi connectivity index (χ0v) is 9.78. The second-order valence-corrected chi connectivity index (χ2v) is 4.18. The van der Waals surface area contributed by atoms with Crippen molar-refractivity contribution < 1.29 is 10.2 Å². The molecule has 4 heteroatoms. The summed E-state index contributed by atoms with van der Waals surface area (Å²) in [5.74, 6) is 0.0853. The molecule has 2 N–H and O–H groups in total. The van der Waals surface area contributed by atoms with Crippen LogP contribution in [-0.2, 0) is 0 Å². The van der Waals surface area contributed by atoms with Crippen LogP contribution in [0, 0.1) is 0 Å². The molecule has 0 saturated carbocycles. The molecule has 0 spiro atoms. The van der Waals surface area contributed by atoms with Crippen molar-refractivity contribution in [1.29, 1.82) is 0 Å². The summed E-state index contributed by atoms with van der Waals surface area (Å²) in [6.45, 7) is 0. The number of fused-ring (bicyclic) bond motifs is 1. The lowest BCUT2D eigenvalue weighted by molar-refractivity contribution is 0.470. The number of rotatable bonds is 1. The molecule has 2 rings (SSSR count). The Morgan fingerprint density at radius 3 is 2.00 bits per heavy atom. The van der Waals surface area contributed by atoms with Crippen LogP contribution in [0.4, 0.5) is 5.69 Å². The molecule has 0 heterocycles. The number of hydrogen-bond donors (Lipinski definition) is 2. The molecule has 2 aromatic rings. The fourth-order valence-electron chi connectivity index (χ4n) is 1.77. The van der Waals surface area contributed by atoms with E-state index in [4.69, 9.17) is 11.6 Å². The first-order valence-electron chi connectivity index (χ1n) is 4.83. The van der Waals surface area contributed by atoms with Crippen LogP contribution in [0.3, 0.4) is 0 Å². The van der Waals surface area contributed by atoms with E-state index in [2.05, 4.69) is 0 Å². The van der Waals surface area contributed by atoms with Gasteiger partial charge in [-0.1, -0.05) is 35.9 Å². The maximum absolute atomic E-state index is 10.1. The Balaban J connectivity index is 2.94. The number of phenolic OH excluding ortho intramolecular Hbond substituents is 2. The Morgan fingerprint density at radius 1 is 1.00 bits per heavy atom. The summed E-state index contributed by atoms with van der Waals surface area (Å²) in [5, 5.41) is 21.3. The molecule has 0 unspecified atom stereocenters. The number of phenols is 2. The zero-order valence-electron chi connectivity index (χ0n) is 9.03. The van der Waals surface area contributed by atoms with Gasteiger partial charge in [-0.05, 0) is 0 Å². The number of anilines is 1. The van der Waals surface area contributed by atoms with Crippen molar-refractivity contribution in [3.05, 3.63) is 29.3 Å². The van der Waals surface area contributed by atoms with E-state index in [1.807, 2.05) is 0 Å². The summed E-state index contributed by atoms with van der Waals surface area (Å²) in [6.07, 6.45) is 0. The Bertz CT molecular complexity index is 552. The number of halogens is 1. The van der Waals surface area contributed by atoms with Crippen LogP contribution in [0.1, 0.15) is 0 Å². The Labute approximate surface area is 98.5 Å². The van der Waals surface area contributed by atoms with Crippen LogP contribution in [0.15, 0.2) is 24.3 Å². The van der Waals surface area contributed by atoms with Gasteiger partial charge in [-0.25, -0.2) is 0 Å². The van der Waals surface area contributed by atoms with Gasteiger partial charge in [-0.15, -0.1) is 0 Å².